The number of hydrogen-bond donors (Lipinski definition) is 2. The quantitative estimate of drug-likeness (QED) is 0.813. The largest absolute Gasteiger partial charge is 0.481 e. The van der Waals surface area contributed by atoms with E-state index in [-0.39, 0.29) is 12.6 Å². The number of rotatable bonds is 7. The van der Waals surface area contributed by atoms with Crippen LogP contribution in [0.4, 0.5) is 4.79 Å². The molecule has 112 valence electrons. The lowest BCUT2D eigenvalue weighted by Crippen LogP contribution is -2.46. The van der Waals surface area contributed by atoms with Gasteiger partial charge < -0.3 is 15.3 Å². The Morgan fingerprint density at radius 2 is 2.15 bits per heavy atom. The first-order valence-corrected chi connectivity index (χ1v) is 7.59. The highest BCUT2D eigenvalue weighted by Crippen LogP contribution is 2.20. The fourth-order valence-electron chi connectivity index (χ4n) is 1.65. The third kappa shape index (κ3) is 4.23. The number of hydrogen-bond acceptors (Lipinski definition) is 3. The van der Waals surface area contributed by atoms with Gasteiger partial charge in [-0.15, -0.1) is 11.3 Å². The molecule has 0 aromatic carbocycles. The van der Waals surface area contributed by atoms with Crippen molar-refractivity contribution >= 4 is 23.3 Å². The van der Waals surface area contributed by atoms with Crippen LogP contribution in [-0.4, -0.2) is 35.1 Å². The fourth-order valence-corrected chi connectivity index (χ4v) is 2.37. The highest BCUT2D eigenvalue weighted by Gasteiger charge is 2.31. The molecular weight excluding hydrogens is 276 g/mol. The Kier molecular flexibility index (Phi) is 6.01. The van der Waals surface area contributed by atoms with Crippen LogP contribution in [0, 0.1) is 5.41 Å². The molecule has 1 heterocycles. The molecule has 1 aromatic rings. The Hall–Kier alpha value is -1.56. The van der Waals surface area contributed by atoms with Crippen LogP contribution in [-0.2, 0) is 11.3 Å². The molecule has 1 aromatic heterocycles. The van der Waals surface area contributed by atoms with E-state index in [1.165, 1.54) is 0 Å². The number of carbonyl (C=O) groups is 2. The number of nitrogens with zero attached hydrogens (tertiary/aromatic N) is 1. The van der Waals surface area contributed by atoms with Crippen LogP contribution < -0.4 is 5.32 Å². The molecule has 1 atom stereocenters. The van der Waals surface area contributed by atoms with Gasteiger partial charge in [0.1, 0.15) is 0 Å². The predicted molar refractivity (Wildman–Crippen MR) is 79.8 cm³/mol. The molecule has 6 heteroatoms. The Balaban J connectivity index is 2.57. The van der Waals surface area contributed by atoms with E-state index in [0.29, 0.717) is 19.5 Å². The standard InChI is InChI=1S/C14H22N2O3S/c1-4-14(3,12(17)18)10-15-13(19)16(5-2)9-11-7-6-8-20-11/h6-8H,4-5,9-10H2,1-3H3,(H,15,19)(H,17,18). The number of thiophene rings is 1. The topological polar surface area (TPSA) is 69.6 Å². The number of nitrogens with one attached hydrogen (secondary N) is 1. The number of amides is 2. The second kappa shape index (κ2) is 7.28. The summed E-state index contributed by atoms with van der Waals surface area (Å²) in [5, 5.41) is 13.9. The van der Waals surface area contributed by atoms with Gasteiger partial charge in [-0.25, -0.2) is 4.79 Å². The third-order valence-corrected chi connectivity index (χ3v) is 4.38. The third-order valence-electron chi connectivity index (χ3n) is 3.52. The molecular formula is C14H22N2O3S. The normalized spacial score (nSPS) is 13.6. The van der Waals surface area contributed by atoms with Gasteiger partial charge in [0.2, 0.25) is 0 Å². The zero-order chi connectivity index (χ0) is 15.2. The first-order valence-electron chi connectivity index (χ1n) is 6.71. The van der Waals surface area contributed by atoms with Crippen molar-refractivity contribution < 1.29 is 14.7 Å². The number of urea groups is 1. The molecule has 5 nitrogen and oxygen atoms in total. The first kappa shape index (κ1) is 16.5. The van der Waals surface area contributed by atoms with Crippen molar-refractivity contribution in [2.75, 3.05) is 13.1 Å². The van der Waals surface area contributed by atoms with E-state index < -0.39 is 11.4 Å². The highest BCUT2D eigenvalue weighted by molar-refractivity contribution is 7.09. The lowest BCUT2D eigenvalue weighted by molar-refractivity contribution is -0.147. The molecule has 0 aliphatic carbocycles. The molecule has 2 amide bonds. The summed E-state index contributed by atoms with van der Waals surface area (Å²) >= 11 is 1.60. The number of aliphatic carboxylic acids is 1. The van der Waals surface area contributed by atoms with Gasteiger partial charge in [-0.2, -0.15) is 0 Å². The Morgan fingerprint density at radius 3 is 2.60 bits per heavy atom. The summed E-state index contributed by atoms with van der Waals surface area (Å²) in [6.45, 7) is 6.63. The zero-order valence-corrected chi connectivity index (χ0v) is 13.0. The van der Waals surface area contributed by atoms with Crippen molar-refractivity contribution in [2.24, 2.45) is 5.41 Å². The molecule has 1 rings (SSSR count). The Labute approximate surface area is 123 Å². The maximum Gasteiger partial charge on any atom is 0.317 e. The molecule has 0 bridgehead atoms. The van der Waals surface area contributed by atoms with E-state index in [1.54, 1.807) is 23.2 Å². The van der Waals surface area contributed by atoms with Crippen molar-refractivity contribution in [2.45, 2.75) is 33.7 Å². The number of carbonyl (C=O) groups excluding carboxylic acids is 1. The van der Waals surface area contributed by atoms with Gasteiger partial charge in [-0.3, -0.25) is 4.79 Å². The number of carboxylic acid groups (broad SMARTS) is 1. The summed E-state index contributed by atoms with van der Waals surface area (Å²) in [7, 11) is 0. The van der Waals surface area contributed by atoms with Gasteiger partial charge in [0.15, 0.2) is 0 Å². The highest BCUT2D eigenvalue weighted by atomic mass is 32.1. The Morgan fingerprint density at radius 1 is 1.45 bits per heavy atom. The molecule has 0 saturated carbocycles. The average molecular weight is 298 g/mol. The second-order valence-corrected chi connectivity index (χ2v) is 6.00. The van der Waals surface area contributed by atoms with E-state index in [4.69, 9.17) is 0 Å². The van der Waals surface area contributed by atoms with Gasteiger partial charge in [0.05, 0.1) is 12.0 Å². The Bertz CT molecular complexity index is 447. The summed E-state index contributed by atoms with van der Waals surface area (Å²) in [5.41, 5.74) is -0.919. The maximum atomic E-state index is 12.1. The van der Waals surface area contributed by atoms with Gasteiger partial charge in [0.25, 0.3) is 0 Å². The monoisotopic (exact) mass is 298 g/mol. The first-order chi connectivity index (χ1) is 9.42. The maximum absolute atomic E-state index is 12.1. The minimum atomic E-state index is -0.919. The average Bonchev–Trinajstić information content (AvgIpc) is 2.94. The molecule has 0 fully saturated rings. The fraction of sp³-hybridized carbons (Fsp3) is 0.571. The molecule has 0 saturated heterocycles. The molecule has 2 N–H and O–H groups in total. The van der Waals surface area contributed by atoms with Gasteiger partial charge in [-0.05, 0) is 31.7 Å². The van der Waals surface area contributed by atoms with E-state index in [0.717, 1.165) is 4.88 Å². The summed E-state index contributed by atoms with van der Waals surface area (Å²) < 4.78 is 0. The van der Waals surface area contributed by atoms with Gasteiger partial charge >= 0.3 is 12.0 Å². The second-order valence-electron chi connectivity index (χ2n) is 4.97. The van der Waals surface area contributed by atoms with Crippen LogP contribution in [0.2, 0.25) is 0 Å². The minimum Gasteiger partial charge on any atom is -0.481 e. The van der Waals surface area contributed by atoms with Crippen molar-refractivity contribution in [1.82, 2.24) is 10.2 Å². The van der Waals surface area contributed by atoms with E-state index >= 15 is 0 Å². The molecule has 20 heavy (non-hydrogen) atoms. The minimum absolute atomic E-state index is 0.138. The van der Waals surface area contributed by atoms with Crippen LogP contribution in [0.5, 0.6) is 0 Å². The molecule has 0 aliphatic rings. The van der Waals surface area contributed by atoms with Crippen LogP contribution in [0.25, 0.3) is 0 Å². The summed E-state index contributed by atoms with van der Waals surface area (Å²) in [6.07, 6.45) is 0.472. The van der Waals surface area contributed by atoms with Crippen LogP contribution in [0.3, 0.4) is 0 Å². The van der Waals surface area contributed by atoms with Crippen molar-refractivity contribution in [1.29, 1.82) is 0 Å². The van der Waals surface area contributed by atoms with Crippen molar-refractivity contribution in [3.8, 4) is 0 Å². The molecule has 0 radical (unpaired) electrons. The summed E-state index contributed by atoms with van der Waals surface area (Å²) in [6, 6.07) is 3.71. The van der Waals surface area contributed by atoms with Crippen molar-refractivity contribution in [3.05, 3.63) is 22.4 Å². The van der Waals surface area contributed by atoms with E-state index in [2.05, 4.69) is 5.32 Å². The van der Waals surface area contributed by atoms with Gasteiger partial charge in [0, 0.05) is 18.0 Å². The van der Waals surface area contributed by atoms with Crippen LogP contribution >= 0.6 is 11.3 Å². The molecule has 0 spiro atoms. The lowest BCUT2D eigenvalue weighted by atomic mass is 9.88. The predicted octanol–water partition coefficient (Wildman–Crippen LogP) is 2.78. The number of carboxylic acids is 1. The summed E-state index contributed by atoms with van der Waals surface area (Å²) in [5.74, 6) is -0.887. The van der Waals surface area contributed by atoms with Crippen LogP contribution in [0.15, 0.2) is 17.5 Å². The van der Waals surface area contributed by atoms with Crippen molar-refractivity contribution in [3.63, 3.8) is 0 Å². The van der Waals surface area contributed by atoms with E-state index in [1.807, 2.05) is 31.4 Å². The lowest BCUT2D eigenvalue weighted by Gasteiger charge is -2.26. The zero-order valence-electron chi connectivity index (χ0n) is 12.2. The summed E-state index contributed by atoms with van der Waals surface area (Å²) in [4.78, 5) is 26.1. The van der Waals surface area contributed by atoms with E-state index in [9.17, 15) is 14.7 Å². The molecule has 1 unspecified atom stereocenters. The van der Waals surface area contributed by atoms with Crippen LogP contribution in [0.1, 0.15) is 32.1 Å². The van der Waals surface area contributed by atoms with Gasteiger partial charge in [-0.1, -0.05) is 13.0 Å². The smallest absolute Gasteiger partial charge is 0.317 e. The molecule has 0 aliphatic heterocycles. The SMILES string of the molecule is CCN(Cc1cccs1)C(=O)NCC(C)(CC)C(=O)O.